The Bertz CT molecular complexity index is 1320. The van der Waals surface area contributed by atoms with E-state index in [9.17, 15) is 14.4 Å². The first-order valence-corrected chi connectivity index (χ1v) is 10.3. The van der Waals surface area contributed by atoms with Gasteiger partial charge in [0.25, 0.3) is 11.5 Å². The van der Waals surface area contributed by atoms with Crippen LogP contribution in [0.25, 0.3) is 11.4 Å². The Labute approximate surface area is 190 Å². The number of amides is 1. The first-order chi connectivity index (χ1) is 16.2. The summed E-state index contributed by atoms with van der Waals surface area (Å²) in [5.41, 5.74) is 1.52. The normalized spacial score (nSPS) is 10.4. The van der Waals surface area contributed by atoms with Gasteiger partial charge in [-0.25, -0.2) is 4.98 Å². The van der Waals surface area contributed by atoms with Crippen LogP contribution in [-0.4, -0.2) is 21.7 Å². The summed E-state index contributed by atoms with van der Waals surface area (Å²) in [5.74, 6) is 0.468. The van der Waals surface area contributed by atoms with E-state index in [1.54, 1.807) is 48.5 Å². The zero-order valence-corrected chi connectivity index (χ0v) is 17.7. The van der Waals surface area contributed by atoms with Gasteiger partial charge in [-0.3, -0.25) is 14.2 Å². The Hall–Kier alpha value is -4.52. The molecule has 0 spiro atoms. The number of anilines is 1. The smallest absolute Gasteiger partial charge is 0.277 e. The SMILES string of the molecule is O=CCn1c(-c2cccc(OCc3ccccc3)c2)ncc(NC(=O)c2ccccc2)c1=O. The molecule has 1 N–H and O–H groups in total. The zero-order chi connectivity index (χ0) is 23.0. The van der Waals surface area contributed by atoms with E-state index in [1.807, 2.05) is 36.4 Å². The summed E-state index contributed by atoms with van der Waals surface area (Å²) in [4.78, 5) is 41.1. The largest absolute Gasteiger partial charge is 0.489 e. The molecule has 1 heterocycles. The zero-order valence-electron chi connectivity index (χ0n) is 17.7. The standard InChI is InChI=1S/C26H21N3O4/c30-15-14-29-24(21-12-7-13-22(16-21)33-18-19-8-3-1-4-9-19)27-17-23(26(29)32)28-25(31)20-10-5-2-6-11-20/h1-13,15-17H,14,18H2,(H,28,31). The second kappa shape index (κ2) is 10.2. The number of nitrogens with zero attached hydrogens (tertiary/aromatic N) is 2. The topological polar surface area (TPSA) is 90.3 Å². The summed E-state index contributed by atoms with van der Waals surface area (Å²) < 4.78 is 7.09. The van der Waals surface area contributed by atoms with Crippen molar-refractivity contribution in [3.63, 3.8) is 0 Å². The molecule has 0 bridgehead atoms. The molecule has 0 fully saturated rings. The molecule has 0 radical (unpaired) electrons. The molecule has 1 amide bonds. The minimum absolute atomic E-state index is 0.00839. The van der Waals surface area contributed by atoms with Crippen molar-refractivity contribution in [2.24, 2.45) is 0 Å². The van der Waals surface area contributed by atoms with Gasteiger partial charge in [-0.1, -0.05) is 60.7 Å². The van der Waals surface area contributed by atoms with Gasteiger partial charge in [0.1, 0.15) is 30.2 Å². The molecule has 0 aliphatic heterocycles. The summed E-state index contributed by atoms with van der Waals surface area (Å²) >= 11 is 0. The van der Waals surface area contributed by atoms with E-state index in [-0.39, 0.29) is 12.2 Å². The Balaban J connectivity index is 1.61. The molecule has 4 aromatic rings. The van der Waals surface area contributed by atoms with Crippen LogP contribution in [0.15, 0.2) is 95.9 Å². The molecule has 0 saturated heterocycles. The second-order valence-corrected chi connectivity index (χ2v) is 7.20. The first kappa shape index (κ1) is 21.7. The van der Waals surface area contributed by atoms with Crippen molar-refractivity contribution >= 4 is 17.9 Å². The van der Waals surface area contributed by atoms with Gasteiger partial charge in [0.2, 0.25) is 0 Å². The van der Waals surface area contributed by atoms with Crippen LogP contribution in [0.3, 0.4) is 0 Å². The van der Waals surface area contributed by atoms with Crippen molar-refractivity contribution in [2.75, 3.05) is 5.32 Å². The molecular weight excluding hydrogens is 418 g/mol. The lowest BCUT2D eigenvalue weighted by atomic mass is 10.2. The van der Waals surface area contributed by atoms with Crippen LogP contribution in [0.1, 0.15) is 15.9 Å². The van der Waals surface area contributed by atoms with E-state index in [1.165, 1.54) is 10.8 Å². The van der Waals surface area contributed by atoms with E-state index in [0.717, 1.165) is 5.56 Å². The lowest BCUT2D eigenvalue weighted by Gasteiger charge is -2.13. The number of carbonyl (C=O) groups excluding carboxylic acids is 2. The molecule has 0 aliphatic carbocycles. The van der Waals surface area contributed by atoms with Gasteiger partial charge in [-0.2, -0.15) is 0 Å². The monoisotopic (exact) mass is 439 g/mol. The van der Waals surface area contributed by atoms with Gasteiger partial charge in [-0.05, 0) is 29.8 Å². The maximum atomic E-state index is 13.0. The Morgan fingerprint density at radius 1 is 0.970 bits per heavy atom. The minimum atomic E-state index is -0.521. The molecule has 0 aliphatic rings. The minimum Gasteiger partial charge on any atom is -0.489 e. The van der Waals surface area contributed by atoms with E-state index < -0.39 is 11.5 Å². The van der Waals surface area contributed by atoms with Gasteiger partial charge < -0.3 is 14.8 Å². The first-order valence-electron chi connectivity index (χ1n) is 10.3. The van der Waals surface area contributed by atoms with Crippen molar-refractivity contribution < 1.29 is 14.3 Å². The number of aldehydes is 1. The molecule has 1 aromatic heterocycles. The van der Waals surface area contributed by atoms with E-state index >= 15 is 0 Å². The maximum absolute atomic E-state index is 13.0. The second-order valence-electron chi connectivity index (χ2n) is 7.20. The molecule has 164 valence electrons. The number of aromatic nitrogens is 2. The van der Waals surface area contributed by atoms with Crippen molar-refractivity contribution in [1.82, 2.24) is 9.55 Å². The molecular formula is C26H21N3O4. The highest BCUT2D eigenvalue weighted by molar-refractivity contribution is 6.04. The van der Waals surface area contributed by atoms with Crippen LogP contribution in [0, 0.1) is 0 Å². The van der Waals surface area contributed by atoms with Crippen molar-refractivity contribution in [3.05, 3.63) is 113 Å². The third kappa shape index (κ3) is 5.22. The summed E-state index contributed by atoms with van der Waals surface area (Å²) in [6.07, 6.45) is 1.92. The number of hydrogen-bond donors (Lipinski definition) is 1. The highest BCUT2D eigenvalue weighted by Crippen LogP contribution is 2.23. The van der Waals surface area contributed by atoms with Gasteiger partial charge in [0.15, 0.2) is 0 Å². The summed E-state index contributed by atoms with van der Waals surface area (Å²) in [5, 5.41) is 2.58. The highest BCUT2D eigenvalue weighted by Gasteiger charge is 2.15. The Kier molecular flexibility index (Phi) is 6.70. The van der Waals surface area contributed by atoms with E-state index in [2.05, 4.69) is 10.3 Å². The third-order valence-corrected chi connectivity index (χ3v) is 4.93. The number of hydrogen-bond acceptors (Lipinski definition) is 5. The van der Waals surface area contributed by atoms with Crippen molar-refractivity contribution in [2.45, 2.75) is 13.2 Å². The van der Waals surface area contributed by atoms with Gasteiger partial charge in [0, 0.05) is 11.1 Å². The number of nitrogens with one attached hydrogen (secondary N) is 1. The Morgan fingerprint density at radius 3 is 2.42 bits per heavy atom. The fourth-order valence-electron chi connectivity index (χ4n) is 3.30. The van der Waals surface area contributed by atoms with Gasteiger partial charge in [-0.15, -0.1) is 0 Å². The average Bonchev–Trinajstić information content (AvgIpc) is 2.86. The summed E-state index contributed by atoms with van der Waals surface area (Å²) in [6.45, 7) is 0.189. The maximum Gasteiger partial charge on any atom is 0.277 e. The van der Waals surface area contributed by atoms with Crippen molar-refractivity contribution in [3.8, 4) is 17.1 Å². The van der Waals surface area contributed by atoms with Crippen molar-refractivity contribution in [1.29, 1.82) is 0 Å². The van der Waals surface area contributed by atoms with Crippen LogP contribution in [0.5, 0.6) is 5.75 Å². The fourth-order valence-corrected chi connectivity index (χ4v) is 3.30. The average molecular weight is 439 g/mol. The Morgan fingerprint density at radius 2 is 1.70 bits per heavy atom. The van der Waals surface area contributed by atoms with Crippen LogP contribution in [0.4, 0.5) is 5.69 Å². The molecule has 0 atom stereocenters. The van der Waals surface area contributed by atoms with Crippen LogP contribution < -0.4 is 15.6 Å². The predicted molar refractivity (Wildman–Crippen MR) is 125 cm³/mol. The van der Waals surface area contributed by atoms with Crippen LogP contribution >= 0.6 is 0 Å². The number of rotatable bonds is 8. The molecule has 0 saturated carbocycles. The number of ether oxygens (including phenoxy) is 1. The molecule has 7 nitrogen and oxygen atoms in total. The van der Waals surface area contributed by atoms with Crippen LogP contribution in [0.2, 0.25) is 0 Å². The molecule has 4 rings (SSSR count). The molecule has 3 aromatic carbocycles. The highest BCUT2D eigenvalue weighted by atomic mass is 16.5. The van der Waals surface area contributed by atoms with E-state index in [4.69, 9.17) is 4.74 Å². The van der Waals surface area contributed by atoms with Gasteiger partial charge >= 0.3 is 0 Å². The molecule has 0 unspecified atom stereocenters. The molecule has 33 heavy (non-hydrogen) atoms. The van der Waals surface area contributed by atoms with Crippen LogP contribution in [-0.2, 0) is 17.9 Å². The summed E-state index contributed by atoms with van der Waals surface area (Å²) in [6, 6.07) is 25.4. The third-order valence-electron chi connectivity index (χ3n) is 4.93. The number of carbonyl (C=O) groups is 2. The predicted octanol–water partition coefficient (Wildman–Crippen LogP) is 3.94. The quantitative estimate of drug-likeness (QED) is 0.420. The lowest BCUT2D eigenvalue weighted by molar-refractivity contribution is -0.108. The van der Waals surface area contributed by atoms with Gasteiger partial charge in [0.05, 0.1) is 12.7 Å². The lowest BCUT2D eigenvalue weighted by Crippen LogP contribution is -2.28. The molecule has 7 heteroatoms. The van der Waals surface area contributed by atoms with E-state index in [0.29, 0.717) is 35.6 Å². The fraction of sp³-hybridized carbons (Fsp3) is 0.0769. The summed E-state index contributed by atoms with van der Waals surface area (Å²) in [7, 11) is 0. The number of benzene rings is 3.